The second kappa shape index (κ2) is 8.32. The molecule has 6 rings (SSSR count). The molecular weight excluding hydrogens is 420 g/mol. The lowest BCUT2D eigenvalue weighted by Gasteiger charge is -2.35. The van der Waals surface area contributed by atoms with Gasteiger partial charge in [0.25, 0.3) is 5.89 Å². The standard InChI is InChI=1S/C24H24N6O3/c1-2-21-25-28-24(33-21)22-17-5-3-4-6-18(17)23(27-26-22)30-11-9-29(10-12-30)14-16-7-8-19-20(13-16)32-15-31-19/h3-8,13H,2,9-12,14-15H2,1H3. The van der Waals surface area contributed by atoms with Gasteiger partial charge in [-0.05, 0) is 17.7 Å². The molecule has 0 spiro atoms. The first kappa shape index (κ1) is 19.9. The first-order chi connectivity index (χ1) is 16.3. The summed E-state index contributed by atoms with van der Waals surface area (Å²) in [5, 5.41) is 19.3. The van der Waals surface area contributed by atoms with Crippen molar-refractivity contribution in [2.75, 3.05) is 37.9 Å². The monoisotopic (exact) mass is 444 g/mol. The fraction of sp³-hybridized carbons (Fsp3) is 0.333. The van der Waals surface area contributed by atoms with Gasteiger partial charge in [0.1, 0.15) is 0 Å². The third-order valence-electron chi connectivity index (χ3n) is 6.15. The molecule has 2 aromatic carbocycles. The van der Waals surface area contributed by atoms with E-state index >= 15 is 0 Å². The smallest absolute Gasteiger partial charge is 0.268 e. The average Bonchev–Trinajstić information content (AvgIpc) is 3.53. The Morgan fingerprint density at radius 2 is 1.67 bits per heavy atom. The molecule has 0 unspecified atom stereocenters. The maximum atomic E-state index is 5.75. The second-order valence-electron chi connectivity index (χ2n) is 8.22. The van der Waals surface area contributed by atoms with Crippen molar-refractivity contribution in [2.45, 2.75) is 19.9 Å². The molecule has 1 fully saturated rings. The summed E-state index contributed by atoms with van der Waals surface area (Å²) < 4.78 is 16.7. The van der Waals surface area contributed by atoms with Crippen LogP contribution in [0.3, 0.4) is 0 Å². The van der Waals surface area contributed by atoms with Gasteiger partial charge >= 0.3 is 0 Å². The largest absolute Gasteiger partial charge is 0.454 e. The van der Waals surface area contributed by atoms with Crippen molar-refractivity contribution in [1.29, 1.82) is 0 Å². The number of hydrogen-bond donors (Lipinski definition) is 0. The number of aromatic nitrogens is 4. The van der Waals surface area contributed by atoms with Crippen molar-refractivity contribution in [3.63, 3.8) is 0 Å². The Labute approximate surface area is 190 Å². The van der Waals surface area contributed by atoms with Gasteiger partial charge in [-0.25, -0.2) is 0 Å². The van der Waals surface area contributed by atoms with E-state index in [1.165, 1.54) is 5.56 Å². The van der Waals surface area contributed by atoms with Crippen molar-refractivity contribution in [2.24, 2.45) is 0 Å². The van der Waals surface area contributed by atoms with Gasteiger partial charge in [-0.1, -0.05) is 37.3 Å². The van der Waals surface area contributed by atoms with Crippen molar-refractivity contribution in [3.8, 4) is 23.1 Å². The zero-order valence-electron chi connectivity index (χ0n) is 18.4. The number of aryl methyl sites for hydroxylation is 1. The van der Waals surface area contributed by atoms with Crippen LogP contribution in [0.2, 0.25) is 0 Å². The molecule has 0 bridgehead atoms. The lowest BCUT2D eigenvalue weighted by molar-refractivity contribution is 0.174. The zero-order chi connectivity index (χ0) is 22.2. The van der Waals surface area contributed by atoms with Crippen molar-refractivity contribution in [1.82, 2.24) is 25.3 Å². The van der Waals surface area contributed by atoms with E-state index in [1.54, 1.807) is 0 Å². The molecule has 2 aromatic heterocycles. The number of hydrogen-bond acceptors (Lipinski definition) is 9. The molecule has 1 saturated heterocycles. The lowest BCUT2D eigenvalue weighted by atomic mass is 10.1. The SMILES string of the molecule is CCc1nnc(-c2nnc(N3CCN(Cc4ccc5c(c4)OCO5)CC3)c3ccccc23)o1. The molecular formula is C24H24N6O3. The number of rotatable bonds is 5. The van der Waals surface area contributed by atoms with Crippen molar-refractivity contribution >= 4 is 16.6 Å². The van der Waals surface area contributed by atoms with Crippen LogP contribution in [0.1, 0.15) is 18.4 Å². The molecule has 4 heterocycles. The fourth-order valence-corrected chi connectivity index (χ4v) is 4.39. The van der Waals surface area contributed by atoms with Crippen LogP contribution in [0.25, 0.3) is 22.4 Å². The summed E-state index contributed by atoms with van der Waals surface area (Å²) in [4.78, 5) is 4.75. The van der Waals surface area contributed by atoms with E-state index in [2.05, 4.69) is 48.4 Å². The molecule has 2 aliphatic rings. The van der Waals surface area contributed by atoms with Gasteiger partial charge < -0.3 is 18.8 Å². The lowest BCUT2D eigenvalue weighted by Crippen LogP contribution is -2.46. The van der Waals surface area contributed by atoms with Crippen molar-refractivity contribution < 1.29 is 13.9 Å². The summed E-state index contributed by atoms with van der Waals surface area (Å²) in [6.45, 7) is 6.80. The minimum atomic E-state index is 0.303. The van der Waals surface area contributed by atoms with E-state index in [0.29, 0.717) is 30.7 Å². The highest BCUT2D eigenvalue weighted by molar-refractivity contribution is 5.99. The highest BCUT2D eigenvalue weighted by atomic mass is 16.7. The molecule has 0 atom stereocenters. The van der Waals surface area contributed by atoms with Crippen LogP contribution in [-0.4, -0.2) is 58.3 Å². The molecule has 9 heteroatoms. The minimum Gasteiger partial charge on any atom is -0.454 e. The Kier molecular flexibility index (Phi) is 5.03. The van der Waals surface area contributed by atoms with Gasteiger partial charge in [-0.2, -0.15) is 0 Å². The van der Waals surface area contributed by atoms with Gasteiger partial charge in [0.2, 0.25) is 12.7 Å². The fourth-order valence-electron chi connectivity index (χ4n) is 4.39. The number of anilines is 1. The molecule has 0 N–H and O–H groups in total. The van der Waals surface area contributed by atoms with E-state index in [0.717, 1.165) is 60.8 Å². The summed E-state index contributed by atoms with van der Waals surface area (Å²) in [5.41, 5.74) is 1.86. The zero-order valence-corrected chi connectivity index (χ0v) is 18.4. The molecule has 9 nitrogen and oxygen atoms in total. The topological polar surface area (TPSA) is 89.6 Å². The summed E-state index contributed by atoms with van der Waals surface area (Å²) in [6, 6.07) is 14.3. The van der Waals surface area contributed by atoms with Crippen LogP contribution >= 0.6 is 0 Å². The summed E-state index contributed by atoms with van der Waals surface area (Å²) in [6.07, 6.45) is 0.687. The molecule has 0 saturated carbocycles. The van der Waals surface area contributed by atoms with Crippen molar-refractivity contribution in [3.05, 3.63) is 53.9 Å². The molecule has 0 amide bonds. The predicted molar refractivity (Wildman–Crippen MR) is 122 cm³/mol. The number of nitrogens with zero attached hydrogens (tertiary/aromatic N) is 6. The summed E-state index contributed by atoms with van der Waals surface area (Å²) in [5.74, 6) is 3.56. The molecule has 168 valence electrons. The Bertz CT molecular complexity index is 1300. The van der Waals surface area contributed by atoms with Crippen LogP contribution in [0.4, 0.5) is 5.82 Å². The normalized spacial score (nSPS) is 16.0. The van der Waals surface area contributed by atoms with E-state index in [1.807, 2.05) is 31.2 Å². The van der Waals surface area contributed by atoms with Crippen LogP contribution < -0.4 is 14.4 Å². The first-order valence-electron chi connectivity index (χ1n) is 11.2. The van der Waals surface area contributed by atoms with E-state index < -0.39 is 0 Å². The molecule has 2 aliphatic heterocycles. The van der Waals surface area contributed by atoms with Crippen LogP contribution in [-0.2, 0) is 13.0 Å². The Balaban J connectivity index is 1.20. The molecule has 0 aliphatic carbocycles. The summed E-state index contributed by atoms with van der Waals surface area (Å²) in [7, 11) is 0. The predicted octanol–water partition coefficient (Wildman–Crippen LogP) is 3.29. The number of ether oxygens (including phenoxy) is 2. The van der Waals surface area contributed by atoms with E-state index in [4.69, 9.17) is 13.9 Å². The quantitative estimate of drug-likeness (QED) is 0.460. The van der Waals surface area contributed by atoms with Gasteiger partial charge in [0, 0.05) is 49.9 Å². The Hall–Kier alpha value is -3.72. The number of fused-ring (bicyclic) bond motifs is 2. The third kappa shape index (κ3) is 3.74. The maximum absolute atomic E-state index is 5.75. The first-order valence-corrected chi connectivity index (χ1v) is 11.2. The highest BCUT2D eigenvalue weighted by Gasteiger charge is 2.23. The van der Waals surface area contributed by atoms with E-state index in [-0.39, 0.29) is 0 Å². The number of piperazine rings is 1. The maximum Gasteiger partial charge on any atom is 0.268 e. The van der Waals surface area contributed by atoms with Crippen LogP contribution in [0.15, 0.2) is 46.9 Å². The van der Waals surface area contributed by atoms with Crippen LogP contribution in [0, 0.1) is 0 Å². The minimum absolute atomic E-state index is 0.303. The Morgan fingerprint density at radius 1 is 0.848 bits per heavy atom. The second-order valence-corrected chi connectivity index (χ2v) is 8.22. The Morgan fingerprint density at radius 3 is 2.48 bits per heavy atom. The van der Waals surface area contributed by atoms with Gasteiger partial charge in [-0.3, -0.25) is 4.90 Å². The third-order valence-corrected chi connectivity index (χ3v) is 6.15. The number of benzene rings is 2. The van der Waals surface area contributed by atoms with Gasteiger partial charge in [0.15, 0.2) is 23.0 Å². The molecule has 4 aromatic rings. The average molecular weight is 444 g/mol. The van der Waals surface area contributed by atoms with Crippen LogP contribution in [0.5, 0.6) is 11.5 Å². The summed E-state index contributed by atoms with van der Waals surface area (Å²) >= 11 is 0. The molecule has 0 radical (unpaired) electrons. The van der Waals surface area contributed by atoms with Gasteiger partial charge in [0.05, 0.1) is 0 Å². The van der Waals surface area contributed by atoms with Gasteiger partial charge in [-0.15, -0.1) is 20.4 Å². The molecule has 33 heavy (non-hydrogen) atoms. The highest BCUT2D eigenvalue weighted by Crippen LogP contribution is 2.34. The van der Waals surface area contributed by atoms with E-state index in [9.17, 15) is 0 Å².